The van der Waals surface area contributed by atoms with E-state index in [1.54, 1.807) is 0 Å². The molecule has 0 aliphatic rings. The first-order valence-electron chi connectivity index (χ1n) is 9.53. The Morgan fingerprint density at radius 1 is 0.783 bits per heavy atom. The van der Waals surface area contributed by atoms with E-state index >= 15 is 0 Å². The van der Waals surface area contributed by atoms with Gasteiger partial charge in [0.25, 0.3) is 10.1 Å². The highest BCUT2D eigenvalue weighted by Crippen LogP contribution is 2.18. The standard InChI is InChI=1S/C18H38O4S/c1-4-6-8-10-11-12-13-15-17(3)22-18(23(19,20)21)16-14-9-7-5-2/h17-18H,4-16H2,1-3H3,(H,19,20,21). The zero-order valence-electron chi connectivity index (χ0n) is 15.4. The maximum absolute atomic E-state index is 11.4. The summed E-state index contributed by atoms with van der Waals surface area (Å²) < 4.78 is 37.8. The van der Waals surface area contributed by atoms with E-state index in [9.17, 15) is 13.0 Å². The van der Waals surface area contributed by atoms with Gasteiger partial charge < -0.3 is 4.74 Å². The van der Waals surface area contributed by atoms with Crippen molar-refractivity contribution in [2.45, 2.75) is 116 Å². The minimum Gasteiger partial charge on any atom is -0.357 e. The van der Waals surface area contributed by atoms with E-state index in [0.29, 0.717) is 6.42 Å². The Hall–Kier alpha value is -0.130. The van der Waals surface area contributed by atoms with Crippen molar-refractivity contribution < 1.29 is 17.7 Å². The van der Waals surface area contributed by atoms with Crippen LogP contribution in [0.5, 0.6) is 0 Å². The molecule has 2 unspecified atom stereocenters. The van der Waals surface area contributed by atoms with Crippen LogP contribution in [0.15, 0.2) is 0 Å². The van der Waals surface area contributed by atoms with Crippen molar-refractivity contribution in [1.29, 1.82) is 0 Å². The molecular weight excluding hydrogens is 312 g/mol. The number of hydrogen-bond donors (Lipinski definition) is 1. The van der Waals surface area contributed by atoms with Crippen molar-refractivity contribution in [3.05, 3.63) is 0 Å². The van der Waals surface area contributed by atoms with Crippen molar-refractivity contribution in [3.8, 4) is 0 Å². The fourth-order valence-corrected chi connectivity index (χ4v) is 3.54. The Morgan fingerprint density at radius 2 is 1.22 bits per heavy atom. The van der Waals surface area contributed by atoms with Crippen LogP contribution in [0.3, 0.4) is 0 Å². The molecule has 0 aromatic heterocycles. The minimum absolute atomic E-state index is 0.122. The highest BCUT2D eigenvalue weighted by molar-refractivity contribution is 7.86. The molecule has 0 rings (SSSR count). The first-order chi connectivity index (χ1) is 10.9. The lowest BCUT2D eigenvalue weighted by Crippen LogP contribution is -2.28. The molecule has 0 spiro atoms. The van der Waals surface area contributed by atoms with Crippen LogP contribution in [0.4, 0.5) is 0 Å². The summed E-state index contributed by atoms with van der Waals surface area (Å²) in [7, 11) is -4.11. The minimum atomic E-state index is -4.11. The lowest BCUT2D eigenvalue weighted by Gasteiger charge is -2.20. The van der Waals surface area contributed by atoms with Gasteiger partial charge in [0.1, 0.15) is 0 Å². The maximum Gasteiger partial charge on any atom is 0.292 e. The Morgan fingerprint density at radius 3 is 1.74 bits per heavy atom. The smallest absolute Gasteiger partial charge is 0.292 e. The van der Waals surface area contributed by atoms with E-state index in [2.05, 4.69) is 13.8 Å². The summed E-state index contributed by atoms with van der Waals surface area (Å²) in [6.45, 7) is 6.23. The number of ether oxygens (including phenoxy) is 1. The summed E-state index contributed by atoms with van der Waals surface area (Å²) in [5.74, 6) is 0. The Labute approximate surface area is 144 Å². The van der Waals surface area contributed by atoms with Crippen LogP contribution in [0.25, 0.3) is 0 Å². The van der Waals surface area contributed by atoms with E-state index in [4.69, 9.17) is 4.74 Å². The van der Waals surface area contributed by atoms with Gasteiger partial charge in [-0.3, -0.25) is 4.55 Å². The molecule has 0 bridgehead atoms. The van der Waals surface area contributed by atoms with Crippen LogP contribution >= 0.6 is 0 Å². The summed E-state index contributed by atoms with van der Waals surface area (Å²) in [4.78, 5) is 0. The van der Waals surface area contributed by atoms with Gasteiger partial charge in [-0.1, -0.05) is 78.1 Å². The Balaban J connectivity index is 3.92. The molecule has 0 heterocycles. The molecule has 0 aliphatic heterocycles. The zero-order valence-corrected chi connectivity index (χ0v) is 16.2. The van der Waals surface area contributed by atoms with Gasteiger partial charge in [-0.25, -0.2) is 0 Å². The van der Waals surface area contributed by atoms with E-state index in [-0.39, 0.29) is 6.10 Å². The molecule has 0 amide bonds. The van der Waals surface area contributed by atoms with Crippen LogP contribution in [0.1, 0.15) is 104 Å². The fraction of sp³-hybridized carbons (Fsp3) is 1.00. The molecule has 0 saturated carbocycles. The Bertz CT molecular complexity index is 354. The summed E-state index contributed by atoms with van der Waals surface area (Å²) in [5, 5.41) is 0. The molecular formula is C18H38O4S. The lowest BCUT2D eigenvalue weighted by molar-refractivity contribution is 0.0258. The molecule has 2 atom stereocenters. The maximum atomic E-state index is 11.4. The second-order valence-electron chi connectivity index (χ2n) is 6.65. The monoisotopic (exact) mass is 350 g/mol. The van der Waals surface area contributed by atoms with Crippen molar-refractivity contribution >= 4 is 10.1 Å². The SMILES string of the molecule is CCCCCCCCCC(C)OC(CCCCCC)S(=O)(=O)O. The third-order valence-electron chi connectivity index (χ3n) is 4.22. The van der Waals surface area contributed by atoms with Gasteiger partial charge in [0.05, 0.1) is 6.10 Å². The largest absolute Gasteiger partial charge is 0.357 e. The Kier molecular flexibility index (Phi) is 14.2. The molecule has 0 radical (unpaired) electrons. The molecule has 0 aliphatic carbocycles. The fourth-order valence-electron chi connectivity index (χ4n) is 2.74. The molecule has 0 fully saturated rings. The first kappa shape index (κ1) is 22.9. The van der Waals surface area contributed by atoms with Gasteiger partial charge in [0, 0.05) is 0 Å². The van der Waals surface area contributed by atoms with Crippen LogP contribution < -0.4 is 0 Å². The molecule has 0 aromatic rings. The van der Waals surface area contributed by atoms with E-state index in [1.807, 2.05) is 6.92 Å². The zero-order chi connectivity index (χ0) is 17.6. The summed E-state index contributed by atoms with van der Waals surface area (Å²) in [6.07, 6.45) is 13.7. The van der Waals surface area contributed by atoms with Crippen LogP contribution in [-0.4, -0.2) is 24.5 Å². The van der Waals surface area contributed by atoms with Gasteiger partial charge in [-0.15, -0.1) is 0 Å². The normalized spacial score (nSPS) is 14.8. The second kappa shape index (κ2) is 14.2. The first-order valence-corrected chi connectivity index (χ1v) is 11.0. The number of hydrogen-bond acceptors (Lipinski definition) is 3. The molecule has 0 saturated heterocycles. The molecule has 0 aromatic carbocycles. The van der Waals surface area contributed by atoms with Gasteiger partial charge >= 0.3 is 0 Å². The van der Waals surface area contributed by atoms with Gasteiger partial charge in [-0.05, 0) is 26.2 Å². The third kappa shape index (κ3) is 14.0. The van der Waals surface area contributed by atoms with Gasteiger partial charge in [0.15, 0.2) is 5.44 Å². The predicted octanol–water partition coefficient (Wildman–Crippen LogP) is 5.72. The van der Waals surface area contributed by atoms with Crippen molar-refractivity contribution in [3.63, 3.8) is 0 Å². The van der Waals surface area contributed by atoms with Crippen molar-refractivity contribution in [2.24, 2.45) is 0 Å². The average Bonchev–Trinajstić information content (AvgIpc) is 2.48. The third-order valence-corrected chi connectivity index (χ3v) is 5.24. The van der Waals surface area contributed by atoms with Crippen LogP contribution in [-0.2, 0) is 14.9 Å². The summed E-state index contributed by atoms with van der Waals surface area (Å²) in [6, 6.07) is 0. The topological polar surface area (TPSA) is 63.6 Å². The van der Waals surface area contributed by atoms with E-state index in [0.717, 1.165) is 38.5 Å². The molecule has 4 nitrogen and oxygen atoms in total. The lowest BCUT2D eigenvalue weighted by atomic mass is 10.1. The highest BCUT2D eigenvalue weighted by Gasteiger charge is 2.25. The van der Waals surface area contributed by atoms with Gasteiger partial charge in [0.2, 0.25) is 0 Å². The van der Waals surface area contributed by atoms with E-state index in [1.165, 1.54) is 38.5 Å². The van der Waals surface area contributed by atoms with Gasteiger partial charge in [-0.2, -0.15) is 8.42 Å². The van der Waals surface area contributed by atoms with Crippen LogP contribution in [0, 0.1) is 0 Å². The molecule has 23 heavy (non-hydrogen) atoms. The van der Waals surface area contributed by atoms with Crippen molar-refractivity contribution in [1.82, 2.24) is 0 Å². The van der Waals surface area contributed by atoms with Crippen LogP contribution in [0.2, 0.25) is 0 Å². The summed E-state index contributed by atoms with van der Waals surface area (Å²) in [5.41, 5.74) is -1.06. The highest BCUT2D eigenvalue weighted by atomic mass is 32.2. The predicted molar refractivity (Wildman–Crippen MR) is 97.3 cm³/mol. The average molecular weight is 351 g/mol. The number of rotatable bonds is 16. The second-order valence-corrected chi connectivity index (χ2v) is 8.21. The summed E-state index contributed by atoms with van der Waals surface area (Å²) >= 11 is 0. The molecule has 1 N–H and O–H groups in total. The number of unbranched alkanes of at least 4 members (excludes halogenated alkanes) is 9. The molecule has 5 heteroatoms. The molecule has 140 valence electrons. The quantitative estimate of drug-likeness (QED) is 0.286. The van der Waals surface area contributed by atoms with E-state index < -0.39 is 15.6 Å². The van der Waals surface area contributed by atoms with Crippen molar-refractivity contribution in [2.75, 3.05) is 0 Å².